The molecule has 0 radical (unpaired) electrons. The van der Waals surface area contributed by atoms with Crippen molar-refractivity contribution in [2.24, 2.45) is 5.84 Å². The van der Waals surface area contributed by atoms with E-state index < -0.39 is 0 Å². The first-order chi connectivity index (χ1) is 4.62. The molecule has 0 heterocycles. The van der Waals surface area contributed by atoms with Crippen LogP contribution in [0.4, 0.5) is 0 Å². The minimum Gasteiger partial charge on any atom is -0.376 e. The first-order valence-electron chi connectivity index (χ1n) is 3.70. The van der Waals surface area contributed by atoms with Gasteiger partial charge in [0.25, 0.3) is 0 Å². The lowest BCUT2D eigenvalue weighted by molar-refractivity contribution is -0.0156. The van der Waals surface area contributed by atoms with Crippen LogP contribution in [0.25, 0.3) is 0 Å². The van der Waals surface area contributed by atoms with E-state index >= 15 is 0 Å². The second-order valence-electron chi connectivity index (χ2n) is 2.90. The highest BCUT2D eigenvalue weighted by atomic mass is 16.5. The van der Waals surface area contributed by atoms with Crippen molar-refractivity contribution in [3.63, 3.8) is 0 Å². The van der Waals surface area contributed by atoms with Crippen LogP contribution in [0, 0.1) is 0 Å². The molecular formula is C7H18N2O. The zero-order chi connectivity index (χ0) is 8.04. The Bertz CT molecular complexity index is 83.7. The molecule has 0 aromatic carbocycles. The Balaban J connectivity index is 3.42. The largest absolute Gasteiger partial charge is 0.376 e. The van der Waals surface area contributed by atoms with Crippen molar-refractivity contribution in [3.05, 3.63) is 0 Å². The summed E-state index contributed by atoms with van der Waals surface area (Å²) >= 11 is 0. The van der Waals surface area contributed by atoms with Crippen LogP contribution in [0.3, 0.4) is 0 Å². The standard InChI is InChI=1S/C7H18N2O/c1-4-10-7(2,3)5-6-9-8/h9H,4-6,8H2,1-3H3. The number of nitrogens with one attached hydrogen (secondary N) is 1. The Labute approximate surface area is 62.9 Å². The van der Waals surface area contributed by atoms with Crippen molar-refractivity contribution < 1.29 is 4.74 Å². The molecule has 3 heteroatoms. The number of nitrogens with two attached hydrogens (primary N) is 1. The summed E-state index contributed by atoms with van der Waals surface area (Å²) in [6.45, 7) is 7.68. The number of ether oxygens (including phenoxy) is 1. The second kappa shape index (κ2) is 4.66. The summed E-state index contributed by atoms with van der Waals surface area (Å²) in [5, 5.41) is 0. The third-order valence-corrected chi connectivity index (χ3v) is 1.41. The summed E-state index contributed by atoms with van der Waals surface area (Å²) < 4.78 is 5.44. The summed E-state index contributed by atoms with van der Waals surface area (Å²) in [6, 6.07) is 0. The van der Waals surface area contributed by atoms with Crippen LogP contribution < -0.4 is 11.3 Å². The Morgan fingerprint density at radius 3 is 2.50 bits per heavy atom. The fourth-order valence-corrected chi connectivity index (χ4v) is 0.836. The molecule has 0 amide bonds. The lowest BCUT2D eigenvalue weighted by Gasteiger charge is -2.24. The average molecular weight is 146 g/mol. The summed E-state index contributed by atoms with van der Waals surface area (Å²) in [4.78, 5) is 0. The van der Waals surface area contributed by atoms with Crippen molar-refractivity contribution in [1.82, 2.24) is 5.43 Å². The molecule has 0 aliphatic heterocycles. The van der Waals surface area contributed by atoms with E-state index in [0.29, 0.717) is 0 Å². The third-order valence-electron chi connectivity index (χ3n) is 1.41. The molecule has 0 saturated carbocycles. The SMILES string of the molecule is CCOC(C)(C)CCNN. The molecule has 0 aliphatic carbocycles. The van der Waals surface area contributed by atoms with E-state index in [1.165, 1.54) is 0 Å². The van der Waals surface area contributed by atoms with Crippen molar-refractivity contribution in [2.75, 3.05) is 13.2 Å². The van der Waals surface area contributed by atoms with Crippen molar-refractivity contribution >= 4 is 0 Å². The fraction of sp³-hybridized carbons (Fsp3) is 1.00. The van der Waals surface area contributed by atoms with Crippen LogP contribution in [0.1, 0.15) is 27.2 Å². The predicted molar refractivity (Wildman–Crippen MR) is 42.5 cm³/mol. The normalized spacial score (nSPS) is 12.0. The van der Waals surface area contributed by atoms with Crippen LogP contribution in [0.15, 0.2) is 0 Å². The van der Waals surface area contributed by atoms with Gasteiger partial charge in [-0.1, -0.05) is 0 Å². The molecule has 0 aromatic heterocycles. The number of rotatable bonds is 5. The van der Waals surface area contributed by atoms with Gasteiger partial charge in [0.05, 0.1) is 5.60 Å². The quantitative estimate of drug-likeness (QED) is 0.442. The second-order valence-corrected chi connectivity index (χ2v) is 2.90. The van der Waals surface area contributed by atoms with Crippen LogP contribution in [0.2, 0.25) is 0 Å². The molecule has 0 aliphatic rings. The highest BCUT2D eigenvalue weighted by molar-refractivity contribution is 4.68. The molecule has 0 saturated heterocycles. The topological polar surface area (TPSA) is 47.3 Å². The van der Waals surface area contributed by atoms with E-state index in [1.807, 2.05) is 6.92 Å². The van der Waals surface area contributed by atoms with Crippen molar-refractivity contribution in [2.45, 2.75) is 32.8 Å². The summed E-state index contributed by atoms with van der Waals surface area (Å²) in [6.07, 6.45) is 0.942. The van der Waals surface area contributed by atoms with Gasteiger partial charge in [-0.2, -0.15) is 0 Å². The van der Waals surface area contributed by atoms with Gasteiger partial charge >= 0.3 is 0 Å². The van der Waals surface area contributed by atoms with E-state index in [-0.39, 0.29) is 5.60 Å². The smallest absolute Gasteiger partial charge is 0.0639 e. The van der Waals surface area contributed by atoms with Gasteiger partial charge in [-0.05, 0) is 27.2 Å². The molecule has 3 N–H and O–H groups in total. The molecule has 0 fully saturated rings. The molecule has 0 atom stereocenters. The van der Waals surface area contributed by atoms with Gasteiger partial charge in [0.15, 0.2) is 0 Å². The van der Waals surface area contributed by atoms with Gasteiger partial charge in [0.2, 0.25) is 0 Å². The zero-order valence-electron chi connectivity index (χ0n) is 7.11. The Hall–Kier alpha value is -0.120. The fourth-order valence-electron chi connectivity index (χ4n) is 0.836. The lowest BCUT2D eigenvalue weighted by Crippen LogP contribution is -2.32. The first-order valence-corrected chi connectivity index (χ1v) is 3.70. The Kier molecular flexibility index (Phi) is 4.60. The van der Waals surface area contributed by atoms with Gasteiger partial charge in [-0.3, -0.25) is 11.3 Å². The van der Waals surface area contributed by atoms with Crippen molar-refractivity contribution in [3.8, 4) is 0 Å². The molecule has 0 aromatic rings. The first kappa shape index (κ1) is 9.88. The lowest BCUT2D eigenvalue weighted by atomic mass is 10.1. The van der Waals surface area contributed by atoms with E-state index in [1.54, 1.807) is 0 Å². The molecule has 10 heavy (non-hydrogen) atoms. The van der Waals surface area contributed by atoms with E-state index in [0.717, 1.165) is 19.6 Å². The summed E-state index contributed by atoms with van der Waals surface area (Å²) in [7, 11) is 0. The van der Waals surface area contributed by atoms with Crippen LogP contribution in [-0.2, 0) is 4.74 Å². The monoisotopic (exact) mass is 146 g/mol. The van der Waals surface area contributed by atoms with Gasteiger partial charge in [0, 0.05) is 13.2 Å². The molecule has 0 rings (SSSR count). The van der Waals surface area contributed by atoms with E-state index in [4.69, 9.17) is 10.6 Å². The molecule has 0 unspecified atom stereocenters. The number of hydrazine groups is 1. The zero-order valence-corrected chi connectivity index (χ0v) is 7.11. The summed E-state index contributed by atoms with van der Waals surface area (Å²) in [5.74, 6) is 5.13. The Morgan fingerprint density at radius 2 is 2.10 bits per heavy atom. The highest BCUT2D eigenvalue weighted by Crippen LogP contribution is 2.12. The highest BCUT2D eigenvalue weighted by Gasteiger charge is 2.15. The third kappa shape index (κ3) is 4.73. The molecule has 0 spiro atoms. The van der Waals surface area contributed by atoms with E-state index in [9.17, 15) is 0 Å². The molecule has 0 bridgehead atoms. The van der Waals surface area contributed by atoms with Crippen LogP contribution in [-0.4, -0.2) is 18.8 Å². The Morgan fingerprint density at radius 1 is 1.50 bits per heavy atom. The number of hydrogen-bond acceptors (Lipinski definition) is 3. The van der Waals surface area contributed by atoms with Gasteiger partial charge in [0.1, 0.15) is 0 Å². The maximum atomic E-state index is 5.44. The van der Waals surface area contributed by atoms with Crippen LogP contribution in [0.5, 0.6) is 0 Å². The maximum absolute atomic E-state index is 5.44. The van der Waals surface area contributed by atoms with Gasteiger partial charge in [-0.25, -0.2) is 0 Å². The van der Waals surface area contributed by atoms with Crippen molar-refractivity contribution in [1.29, 1.82) is 0 Å². The minimum atomic E-state index is -0.0406. The molecule has 62 valence electrons. The van der Waals surface area contributed by atoms with Gasteiger partial charge < -0.3 is 4.74 Å². The predicted octanol–water partition coefficient (Wildman–Crippen LogP) is 0.655. The number of hydrogen-bond donors (Lipinski definition) is 2. The molecule has 3 nitrogen and oxygen atoms in total. The average Bonchev–Trinajstić information content (AvgIpc) is 1.84. The van der Waals surface area contributed by atoms with Gasteiger partial charge in [-0.15, -0.1) is 0 Å². The maximum Gasteiger partial charge on any atom is 0.0639 e. The minimum absolute atomic E-state index is 0.0406. The molecular weight excluding hydrogens is 128 g/mol. The summed E-state index contributed by atoms with van der Waals surface area (Å²) in [5.41, 5.74) is 2.56. The van der Waals surface area contributed by atoms with Crippen LogP contribution >= 0.6 is 0 Å². The van der Waals surface area contributed by atoms with E-state index in [2.05, 4.69) is 19.3 Å².